The molecule has 1 aromatic rings. The van der Waals surface area contributed by atoms with Crippen molar-refractivity contribution in [1.29, 1.82) is 5.26 Å². The highest BCUT2D eigenvalue weighted by molar-refractivity contribution is 5.36. The van der Waals surface area contributed by atoms with E-state index < -0.39 is 12.1 Å². The molecule has 0 aliphatic carbocycles. The van der Waals surface area contributed by atoms with Gasteiger partial charge in [-0.3, -0.25) is 4.98 Å². The average Bonchev–Trinajstić information content (AvgIpc) is 2.18. The van der Waals surface area contributed by atoms with Crippen LogP contribution in [0.4, 0.5) is 13.2 Å². The van der Waals surface area contributed by atoms with E-state index in [2.05, 4.69) is 9.72 Å². The predicted molar refractivity (Wildman–Crippen MR) is 46.8 cm³/mol. The Morgan fingerprint density at radius 2 is 2.19 bits per heavy atom. The average molecular weight is 232 g/mol. The van der Waals surface area contributed by atoms with Crippen molar-refractivity contribution >= 4 is 0 Å². The molecule has 0 bridgehead atoms. The van der Waals surface area contributed by atoms with Gasteiger partial charge in [0.15, 0.2) is 5.75 Å². The third kappa shape index (κ3) is 3.31. The number of alkyl halides is 3. The Hall–Kier alpha value is -1.97. The summed E-state index contributed by atoms with van der Waals surface area (Å²) in [6, 6.07) is 2.73. The summed E-state index contributed by atoms with van der Waals surface area (Å²) in [5.74, 6) is -0.394. The van der Waals surface area contributed by atoms with Crippen molar-refractivity contribution in [3.05, 3.63) is 18.0 Å². The van der Waals surface area contributed by atoms with Crippen LogP contribution in [-0.2, 0) is 6.42 Å². The van der Waals surface area contributed by atoms with Crippen LogP contribution in [0.15, 0.2) is 12.3 Å². The number of ether oxygens (including phenoxy) is 2. The SMILES string of the molecule is COc1cnc(CC#N)c(OC(F)(F)F)c1. The normalized spacial score (nSPS) is 10.7. The number of halogens is 3. The second-order valence-electron chi connectivity index (χ2n) is 2.70. The van der Waals surface area contributed by atoms with Gasteiger partial charge in [0.05, 0.1) is 31.5 Å². The number of hydrogen-bond acceptors (Lipinski definition) is 4. The molecule has 0 atom stereocenters. The van der Waals surface area contributed by atoms with E-state index in [0.717, 1.165) is 6.07 Å². The van der Waals surface area contributed by atoms with Gasteiger partial charge in [0.25, 0.3) is 0 Å². The summed E-state index contributed by atoms with van der Waals surface area (Å²) in [7, 11) is 1.29. The zero-order valence-corrected chi connectivity index (χ0v) is 8.21. The van der Waals surface area contributed by atoms with Crippen LogP contribution >= 0.6 is 0 Å². The van der Waals surface area contributed by atoms with Crippen LogP contribution in [0.5, 0.6) is 11.5 Å². The van der Waals surface area contributed by atoms with Gasteiger partial charge in [-0.25, -0.2) is 0 Å². The first kappa shape index (κ1) is 12.1. The molecule has 0 aliphatic rings. The molecule has 0 spiro atoms. The molecule has 1 rings (SSSR count). The lowest BCUT2D eigenvalue weighted by molar-refractivity contribution is -0.275. The molecular weight excluding hydrogens is 225 g/mol. The maximum absolute atomic E-state index is 12.0. The van der Waals surface area contributed by atoms with Crippen LogP contribution in [0.25, 0.3) is 0 Å². The van der Waals surface area contributed by atoms with Crippen LogP contribution in [0.2, 0.25) is 0 Å². The Bertz CT molecular complexity index is 412. The molecule has 4 nitrogen and oxygen atoms in total. The molecule has 0 radical (unpaired) electrons. The Kier molecular flexibility index (Phi) is 3.55. The van der Waals surface area contributed by atoms with Crippen molar-refractivity contribution in [2.75, 3.05) is 7.11 Å². The number of nitriles is 1. The zero-order valence-electron chi connectivity index (χ0n) is 8.21. The van der Waals surface area contributed by atoms with Crippen molar-refractivity contribution in [2.24, 2.45) is 0 Å². The first-order chi connectivity index (χ1) is 7.46. The van der Waals surface area contributed by atoms with Crippen LogP contribution in [0.1, 0.15) is 5.69 Å². The van der Waals surface area contributed by atoms with E-state index in [1.165, 1.54) is 13.3 Å². The molecule has 0 fully saturated rings. The summed E-state index contributed by atoms with van der Waals surface area (Å²) < 4.78 is 44.5. The number of pyridine rings is 1. The topological polar surface area (TPSA) is 55.1 Å². The second kappa shape index (κ2) is 4.70. The van der Waals surface area contributed by atoms with Gasteiger partial charge < -0.3 is 9.47 Å². The Morgan fingerprint density at radius 1 is 1.50 bits per heavy atom. The third-order valence-electron chi connectivity index (χ3n) is 1.61. The predicted octanol–water partition coefficient (Wildman–Crippen LogP) is 2.05. The van der Waals surface area contributed by atoms with Gasteiger partial charge in [0, 0.05) is 6.07 Å². The van der Waals surface area contributed by atoms with E-state index in [0.29, 0.717) is 0 Å². The minimum Gasteiger partial charge on any atom is -0.495 e. The van der Waals surface area contributed by atoms with Crippen molar-refractivity contribution in [3.63, 3.8) is 0 Å². The van der Waals surface area contributed by atoms with Crippen molar-refractivity contribution in [2.45, 2.75) is 12.8 Å². The van der Waals surface area contributed by atoms with E-state index in [-0.39, 0.29) is 17.9 Å². The molecule has 0 aromatic carbocycles. The molecule has 7 heteroatoms. The monoisotopic (exact) mass is 232 g/mol. The smallest absolute Gasteiger partial charge is 0.495 e. The second-order valence-corrected chi connectivity index (χ2v) is 2.70. The fraction of sp³-hybridized carbons (Fsp3) is 0.333. The maximum Gasteiger partial charge on any atom is 0.573 e. The van der Waals surface area contributed by atoms with Gasteiger partial charge in [-0.15, -0.1) is 13.2 Å². The van der Waals surface area contributed by atoms with Gasteiger partial charge >= 0.3 is 6.36 Å². The molecule has 0 N–H and O–H groups in total. The van der Waals surface area contributed by atoms with Crippen molar-refractivity contribution in [3.8, 4) is 17.6 Å². The first-order valence-electron chi connectivity index (χ1n) is 4.12. The number of nitrogens with zero attached hydrogens (tertiary/aromatic N) is 2. The Labute approximate surface area is 89.2 Å². The van der Waals surface area contributed by atoms with E-state index in [4.69, 9.17) is 10.00 Å². The van der Waals surface area contributed by atoms with E-state index >= 15 is 0 Å². The van der Waals surface area contributed by atoms with Crippen LogP contribution in [0.3, 0.4) is 0 Å². The minimum atomic E-state index is -4.82. The molecule has 16 heavy (non-hydrogen) atoms. The van der Waals surface area contributed by atoms with Crippen molar-refractivity contribution in [1.82, 2.24) is 4.98 Å². The first-order valence-corrected chi connectivity index (χ1v) is 4.12. The summed E-state index contributed by atoms with van der Waals surface area (Å²) in [4.78, 5) is 3.65. The summed E-state index contributed by atoms with van der Waals surface area (Å²) >= 11 is 0. The fourth-order valence-corrected chi connectivity index (χ4v) is 0.987. The lowest BCUT2D eigenvalue weighted by Crippen LogP contribution is -2.18. The lowest BCUT2D eigenvalue weighted by Gasteiger charge is -2.12. The summed E-state index contributed by atoms with van der Waals surface area (Å²) in [5.41, 5.74) is -0.0828. The Balaban J connectivity index is 3.06. The van der Waals surface area contributed by atoms with Gasteiger partial charge in [0.1, 0.15) is 5.75 Å². The molecule has 86 valence electrons. The van der Waals surface area contributed by atoms with E-state index in [1.807, 2.05) is 0 Å². The molecule has 1 aromatic heterocycles. The van der Waals surface area contributed by atoms with E-state index in [9.17, 15) is 13.2 Å². The summed E-state index contributed by atoms with van der Waals surface area (Å²) in [6.45, 7) is 0. The molecule has 0 amide bonds. The highest BCUT2D eigenvalue weighted by Gasteiger charge is 2.32. The van der Waals surface area contributed by atoms with Crippen molar-refractivity contribution < 1.29 is 22.6 Å². The molecular formula is C9H7F3N2O2. The summed E-state index contributed by atoms with van der Waals surface area (Å²) in [6.07, 6.45) is -3.87. The zero-order chi connectivity index (χ0) is 12.2. The van der Waals surface area contributed by atoms with Gasteiger partial charge in [-0.2, -0.15) is 5.26 Å². The highest BCUT2D eigenvalue weighted by Crippen LogP contribution is 2.28. The quantitative estimate of drug-likeness (QED) is 0.800. The van der Waals surface area contributed by atoms with Gasteiger partial charge in [-0.1, -0.05) is 0 Å². The number of aromatic nitrogens is 1. The standard InChI is InChI=1S/C9H7F3N2O2/c1-15-6-4-8(16-9(10,11)12)7(2-3-13)14-5-6/h4-5H,2H2,1H3. The minimum absolute atomic E-state index is 0.0828. The largest absolute Gasteiger partial charge is 0.573 e. The van der Waals surface area contributed by atoms with Gasteiger partial charge in [0.2, 0.25) is 0 Å². The maximum atomic E-state index is 12.0. The molecule has 1 heterocycles. The fourth-order valence-electron chi connectivity index (χ4n) is 0.987. The summed E-state index contributed by atoms with van der Waals surface area (Å²) in [5, 5.41) is 8.41. The third-order valence-corrected chi connectivity index (χ3v) is 1.61. The number of methoxy groups -OCH3 is 1. The number of hydrogen-bond donors (Lipinski definition) is 0. The number of rotatable bonds is 3. The highest BCUT2D eigenvalue weighted by atomic mass is 19.4. The van der Waals surface area contributed by atoms with Gasteiger partial charge in [-0.05, 0) is 0 Å². The van der Waals surface area contributed by atoms with Crippen LogP contribution < -0.4 is 9.47 Å². The Morgan fingerprint density at radius 3 is 2.69 bits per heavy atom. The molecule has 0 unspecified atom stereocenters. The molecule has 0 saturated carbocycles. The van der Waals surface area contributed by atoms with Crippen LogP contribution in [0, 0.1) is 11.3 Å². The molecule has 0 saturated heterocycles. The lowest BCUT2D eigenvalue weighted by atomic mass is 10.2. The van der Waals surface area contributed by atoms with E-state index in [1.54, 1.807) is 6.07 Å². The van der Waals surface area contributed by atoms with Crippen LogP contribution in [-0.4, -0.2) is 18.5 Å². The molecule has 0 aliphatic heterocycles.